The maximum Gasteiger partial charge on any atom is 0.163 e. The first kappa shape index (κ1) is 19.0. The lowest BCUT2D eigenvalue weighted by Gasteiger charge is -2.11. The highest BCUT2D eigenvalue weighted by Crippen LogP contribution is 2.37. The van der Waals surface area contributed by atoms with Crippen molar-refractivity contribution in [3.05, 3.63) is 71.4 Å². The largest absolute Gasteiger partial charge is 0.383 e. The summed E-state index contributed by atoms with van der Waals surface area (Å²) in [7, 11) is 0. The van der Waals surface area contributed by atoms with Gasteiger partial charge in [-0.25, -0.2) is 9.97 Å². The number of rotatable bonds is 4. The lowest BCUT2D eigenvalue weighted by Crippen LogP contribution is -1.99. The molecule has 4 rings (SSSR count). The second-order valence-corrected chi connectivity index (χ2v) is 6.94. The Balaban J connectivity index is 0.00000102. The number of nitrogens with two attached hydrogens (primary N) is 1. The Morgan fingerprint density at radius 3 is 2.41 bits per heavy atom. The smallest absolute Gasteiger partial charge is 0.163 e. The van der Waals surface area contributed by atoms with Gasteiger partial charge < -0.3 is 5.73 Å². The van der Waals surface area contributed by atoms with E-state index in [1.165, 1.54) is 4.88 Å². The van der Waals surface area contributed by atoms with Crippen LogP contribution in [0, 0.1) is 0 Å². The predicted octanol–water partition coefficient (Wildman–Crippen LogP) is 5.90. The predicted molar refractivity (Wildman–Crippen MR) is 115 cm³/mol. The maximum atomic E-state index is 6.23. The van der Waals surface area contributed by atoms with Gasteiger partial charge >= 0.3 is 0 Å². The van der Waals surface area contributed by atoms with Gasteiger partial charge in [-0.1, -0.05) is 57.2 Å². The number of hydrogen-bond acceptors (Lipinski definition) is 5. The minimum atomic E-state index is 0.250. The number of anilines is 1. The molecule has 0 bridgehead atoms. The van der Waals surface area contributed by atoms with E-state index in [0.717, 1.165) is 27.9 Å². The molecular formula is C22H24N4S. The van der Waals surface area contributed by atoms with E-state index in [-0.39, 0.29) is 5.92 Å². The Bertz CT molecular complexity index is 997. The van der Waals surface area contributed by atoms with Gasteiger partial charge in [0, 0.05) is 28.2 Å². The third-order valence-corrected chi connectivity index (χ3v) is 5.41. The molecule has 0 aliphatic heterocycles. The van der Waals surface area contributed by atoms with Gasteiger partial charge in [-0.05, 0) is 24.6 Å². The van der Waals surface area contributed by atoms with E-state index >= 15 is 0 Å². The van der Waals surface area contributed by atoms with E-state index in [9.17, 15) is 0 Å². The highest BCUT2D eigenvalue weighted by Gasteiger charge is 2.18. The Morgan fingerprint density at radius 2 is 1.74 bits per heavy atom. The lowest BCUT2D eigenvalue weighted by molar-refractivity contribution is 0.763. The van der Waals surface area contributed by atoms with Gasteiger partial charge in [0.15, 0.2) is 5.82 Å². The van der Waals surface area contributed by atoms with Crippen LogP contribution in [0.2, 0.25) is 0 Å². The summed E-state index contributed by atoms with van der Waals surface area (Å²) in [6.07, 6.45) is 2.82. The molecule has 0 aliphatic rings. The number of nitrogens with zero attached hydrogens (tertiary/aromatic N) is 3. The Hall–Kier alpha value is -2.79. The van der Waals surface area contributed by atoms with Crippen LogP contribution in [0.15, 0.2) is 60.8 Å². The Morgan fingerprint density at radius 1 is 1.00 bits per heavy atom. The molecule has 3 heterocycles. The summed E-state index contributed by atoms with van der Waals surface area (Å²) in [5.74, 6) is 1.45. The number of fused-ring (bicyclic) bond motifs is 1. The summed E-state index contributed by atoms with van der Waals surface area (Å²) >= 11 is 1.68. The monoisotopic (exact) mass is 376 g/mol. The summed E-state index contributed by atoms with van der Waals surface area (Å²) in [4.78, 5) is 15.9. The Labute approximate surface area is 164 Å². The fourth-order valence-electron chi connectivity index (χ4n) is 2.99. The van der Waals surface area contributed by atoms with Crippen molar-refractivity contribution < 1.29 is 0 Å². The molecule has 1 unspecified atom stereocenters. The van der Waals surface area contributed by atoms with Crippen molar-refractivity contribution in [2.75, 3.05) is 5.73 Å². The summed E-state index contributed by atoms with van der Waals surface area (Å²) in [5.41, 5.74) is 8.28. The molecular weight excluding hydrogens is 352 g/mol. The first-order valence-electron chi connectivity index (χ1n) is 9.29. The fourth-order valence-corrected chi connectivity index (χ4v) is 4.22. The molecule has 1 aromatic carbocycles. The van der Waals surface area contributed by atoms with Crippen molar-refractivity contribution in [3.63, 3.8) is 0 Å². The molecule has 4 aromatic rings. The summed E-state index contributed by atoms with van der Waals surface area (Å²) < 4.78 is 0. The summed E-state index contributed by atoms with van der Waals surface area (Å²) in [6, 6.07) is 18.1. The second-order valence-electron chi connectivity index (χ2n) is 5.88. The topological polar surface area (TPSA) is 64.7 Å². The molecule has 2 N–H and O–H groups in total. The number of nitrogen functional groups attached to an aromatic ring is 1. The standard InChI is InChI=1S/C20H18N4S.C2H6/c1-2-14(16-10-6-7-11-22-16)17-12-15-18(21)23-19(24-20(15)25-17)13-8-4-3-5-9-13;1-2/h3-12,14H,2H2,1H3,(H2,21,23,24);1-2H3. The van der Waals surface area contributed by atoms with E-state index < -0.39 is 0 Å². The summed E-state index contributed by atoms with van der Waals surface area (Å²) in [6.45, 7) is 6.17. The van der Waals surface area contributed by atoms with Crippen molar-refractivity contribution in [3.8, 4) is 11.4 Å². The van der Waals surface area contributed by atoms with Gasteiger partial charge in [0.1, 0.15) is 10.6 Å². The Kier molecular flexibility index (Phi) is 6.14. The van der Waals surface area contributed by atoms with Crippen LogP contribution in [0.3, 0.4) is 0 Å². The molecule has 5 heteroatoms. The molecule has 1 atom stereocenters. The number of benzene rings is 1. The molecule has 4 nitrogen and oxygen atoms in total. The normalized spacial score (nSPS) is 11.7. The molecule has 0 radical (unpaired) electrons. The highest BCUT2D eigenvalue weighted by atomic mass is 32.1. The fraction of sp³-hybridized carbons (Fsp3) is 0.227. The third kappa shape index (κ3) is 3.98. The van der Waals surface area contributed by atoms with E-state index in [4.69, 9.17) is 10.7 Å². The molecule has 0 saturated heterocycles. The van der Waals surface area contributed by atoms with E-state index in [1.54, 1.807) is 11.3 Å². The minimum Gasteiger partial charge on any atom is -0.383 e. The number of thiophene rings is 1. The highest BCUT2D eigenvalue weighted by molar-refractivity contribution is 7.18. The van der Waals surface area contributed by atoms with Gasteiger partial charge in [-0.15, -0.1) is 11.3 Å². The quantitative estimate of drug-likeness (QED) is 0.481. The van der Waals surface area contributed by atoms with Crippen molar-refractivity contribution in [1.82, 2.24) is 15.0 Å². The van der Waals surface area contributed by atoms with Crippen molar-refractivity contribution >= 4 is 27.4 Å². The molecule has 0 aliphatic carbocycles. The zero-order valence-corrected chi connectivity index (χ0v) is 16.7. The maximum absolute atomic E-state index is 6.23. The van der Waals surface area contributed by atoms with Crippen molar-refractivity contribution in [1.29, 1.82) is 0 Å². The second kappa shape index (κ2) is 8.73. The molecule has 27 heavy (non-hydrogen) atoms. The molecule has 138 valence electrons. The zero-order chi connectivity index (χ0) is 19.2. The van der Waals surface area contributed by atoms with E-state index in [0.29, 0.717) is 11.6 Å². The van der Waals surface area contributed by atoms with Gasteiger partial charge in [0.05, 0.1) is 5.39 Å². The van der Waals surface area contributed by atoms with Gasteiger partial charge in [-0.2, -0.15) is 0 Å². The van der Waals surface area contributed by atoms with Gasteiger partial charge in [0.2, 0.25) is 0 Å². The average Bonchev–Trinajstić information content (AvgIpc) is 3.16. The van der Waals surface area contributed by atoms with Crippen LogP contribution in [-0.4, -0.2) is 15.0 Å². The van der Waals surface area contributed by atoms with Gasteiger partial charge in [0.25, 0.3) is 0 Å². The van der Waals surface area contributed by atoms with Gasteiger partial charge in [-0.3, -0.25) is 4.98 Å². The van der Waals surface area contributed by atoms with E-state index in [1.807, 2.05) is 62.5 Å². The summed E-state index contributed by atoms with van der Waals surface area (Å²) in [5, 5.41) is 0.925. The number of aromatic nitrogens is 3. The average molecular weight is 377 g/mol. The molecule has 0 fully saturated rings. The lowest BCUT2D eigenvalue weighted by atomic mass is 9.99. The minimum absolute atomic E-state index is 0.250. The molecule has 0 amide bonds. The van der Waals surface area contributed by atoms with E-state index in [2.05, 4.69) is 29.0 Å². The third-order valence-electron chi connectivity index (χ3n) is 4.27. The van der Waals surface area contributed by atoms with Crippen molar-refractivity contribution in [2.24, 2.45) is 0 Å². The first-order valence-corrected chi connectivity index (χ1v) is 10.1. The number of hydrogen-bond donors (Lipinski definition) is 1. The van der Waals surface area contributed by atoms with Crippen LogP contribution < -0.4 is 5.73 Å². The van der Waals surface area contributed by atoms with Crippen molar-refractivity contribution in [2.45, 2.75) is 33.1 Å². The van der Waals surface area contributed by atoms with Crippen LogP contribution in [0.1, 0.15) is 43.7 Å². The molecule has 3 aromatic heterocycles. The molecule has 0 spiro atoms. The number of pyridine rings is 1. The van der Waals surface area contributed by atoms with Crippen LogP contribution in [0.5, 0.6) is 0 Å². The van der Waals surface area contributed by atoms with Crippen LogP contribution in [0.4, 0.5) is 5.82 Å². The molecule has 0 saturated carbocycles. The zero-order valence-electron chi connectivity index (χ0n) is 15.9. The van der Waals surface area contributed by atoms with Crippen LogP contribution in [-0.2, 0) is 0 Å². The van der Waals surface area contributed by atoms with Crippen LogP contribution >= 0.6 is 11.3 Å². The SMILES string of the molecule is CC.CCC(c1ccccn1)c1cc2c(N)nc(-c3ccccc3)nc2s1. The first-order chi connectivity index (χ1) is 13.3. The van der Waals surface area contributed by atoms with Crippen LogP contribution in [0.25, 0.3) is 21.6 Å².